The smallest absolute Gasteiger partial charge is 0.191 e. The summed E-state index contributed by atoms with van der Waals surface area (Å²) in [5.41, 5.74) is 1.44. The average molecular weight is 337 g/mol. The predicted molar refractivity (Wildman–Crippen MR) is 93.3 cm³/mol. The Bertz CT molecular complexity index is 824. The molecule has 2 fully saturated rings. The van der Waals surface area contributed by atoms with E-state index in [-0.39, 0.29) is 0 Å². The van der Waals surface area contributed by atoms with Gasteiger partial charge in [0.2, 0.25) is 0 Å². The molecule has 0 N–H and O–H groups in total. The van der Waals surface area contributed by atoms with Gasteiger partial charge in [0, 0.05) is 11.2 Å². The van der Waals surface area contributed by atoms with Crippen molar-refractivity contribution in [2.75, 3.05) is 0 Å². The minimum Gasteiger partial charge on any atom is -0.467 e. The highest BCUT2D eigenvalue weighted by molar-refractivity contribution is 8.00. The molecule has 122 valence electrons. The lowest BCUT2D eigenvalue weighted by Crippen LogP contribution is -2.05. The van der Waals surface area contributed by atoms with E-state index in [2.05, 4.69) is 45.1 Å². The second-order valence-corrected chi connectivity index (χ2v) is 7.90. The zero-order chi connectivity index (χ0) is 15.9. The first-order valence-electron chi connectivity index (χ1n) is 8.55. The van der Waals surface area contributed by atoms with Crippen molar-refractivity contribution in [2.45, 2.75) is 48.0 Å². The highest BCUT2D eigenvalue weighted by Gasteiger charge is 2.41. The molecule has 1 aromatic carbocycles. The molecule has 2 aliphatic rings. The van der Waals surface area contributed by atoms with Crippen molar-refractivity contribution in [2.24, 2.45) is 0 Å². The summed E-state index contributed by atoms with van der Waals surface area (Å²) in [6, 6.07) is 14.8. The van der Waals surface area contributed by atoms with Crippen LogP contribution < -0.4 is 0 Å². The van der Waals surface area contributed by atoms with Crippen LogP contribution in [0.15, 0.2) is 58.3 Å². The summed E-state index contributed by atoms with van der Waals surface area (Å²) in [5.74, 6) is 3.33. The van der Waals surface area contributed by atoms with E-state index in [1.54, 1.807) is 6.26 Å². The molecule has 0 aliphatic heterocycles. The maximum Gasteiger partial charge on any atom is 0.191 e. The maximum atomic E-state index is 5.54. The fourth-order valence-electron chi connectivity index (χ4n) is 3.23. The van der Waals surface area contributed by atoms with E-state index >= 15 is 0 Å². The Labute approximate surface area is 145 Å². The minimum absolute atomic E-state index is 0.589. The monoisotopic (exact) mass is 337 g/mol. The van der Waals surface area contributed by atoms with Crippen LogP contribution in [0.4, 0.5) is 0 Å². The Morgan fingerprint density at radius 1 is 1.08 bits per heavy atom. The first kappa shape index (κ1) is 14.3. The Morgan fingerprint density at radius 3 is 2.71 bits per heavy atom. The van der Waals surface area contributed by atoms with Gasteiger partial charge in [-0.3, -0.25) is 4.57 Å². The number of hydrogen-bond acceptors (Lipinski definition) is 4. The molecule has 0 bridgehead atoms. The summed E-state index contributed by atoms with van der Waals surface area (Å²) < 4.78 is 7.81. The van der Waals surface area contributed by atoms with Crippen LogP contribution in [0.25, 0.3) is 0 Å². The molecule has 0 amide bonds. The van der Waals surface area contributed by atoms with Crippen molar-refractivity contribution in [3.63, 3.8) is 0 Å². The summed E-state index contributed by atoms with van der Waals surface area (Å²) in [4.78, 5) is 0. The van der Waals surface area contributed by atoms with Crippen LogP contribution in [0.2, 0.25) is 0 Å². The fourth-order valence-corrected chi connectivity index (χ4v) is 4.50. The minimum atomic E-state index is 0.589. The zero-order valence-electron chi connectivity index (χ0n) is 13.3. The molecule has 2 atom stereocenters. The van der Waals surface area contributed by atoms with Crippen LogP contribution in [0.5, 0.6) is 0 Å². The number of rotatable bonds is 6. The highest BCUT2D eigenvalue weighted by atomic mass is 32.2. The van der Waals surface area contributed by atoms with E-state index in [1.807, 2.05) is 23.9 Å². The molecule has 2 heterocycles. The van der Waals surface area contributed by atoms with E-state index in [0.29, 0.717) is 17.1 Å². The molecule has 0 spiro atoms. The summed E-state index contributed by atoms with van der Waals surface area (Å²) in [6.45, 7) is 0.733. The maximum absolute atomic E-state index is 5.54. The first-order chi connectivity index (χ1) is 11.9. The van der Waals surface area contributed by atoms with E-state index in [1.165, 1.54) is 24.8 Å². The number of nitrogens with zero attached hydrogens (tertiary/aromatic N) is 3. The molecule has 2 aromatic heterocycles. The van der Waals surface area contributed by atoms with Gasteiger partial charge in [-0.15, -0.1) is 10.2 Å². The molecular weight excluding hydrogens is 318 g/mol. The van der Waals surface area contributed by atoms with Gasteiger partial charge in [-0.05, 0) is 42.9 Å². The molecule has 5 rings (SSSR count). The van der Waals surface area contributed by atoms with Crippen molar-refractivity contribution >= 4 is 11.8 Å². The van der Waals surface area contributed by atoms with Crippen LogP contribution >= 0.6 is 11.8 Å². The van der Waals surface area contributed by atoms with Gasteiger partial charge in [0.15, 0.2) is 5.16 Å². The van der Waals surface area contributed by atoms with Crippen molar-refractivity contribution in [1.82, 2.24) is 14.8 Å². The first-order valence-corrected chi connectivity index (χ1v) is 9.43. The third-order valence-corrected chi connectivity index (χ3v) is 6.13. The van der Waals surface area contributed by atoms with Crippen LogP contribution in [-0.2, 0) is 6.54 Å². The van der Waals surface area contributed by atoms with Gasteiger partial charge in [-0.2, -0.15) is 0 Å². The number of furan rings is 1. The topological polar surface area (TPSA) is 43.9 Å². The van der Waals surface area contributed by atoms with Gasteiger partial charge in [-0.25, -0.2) is 0 Å². The molecule has 0 saturated heterocycles. The Kier molecular flexibility index (Phi) is 3.47. The molecule has 0 unspecified atom stereocenters. The summed E-state index contributed by atoms with van der Waals surface area (Å²) >= 11 is 1.87. The van der Waals surface area contributed by atoms with Gasteiger partial charge in [-0.1, -0.05) is 42.1 Å². The van der Waals surface area contributed by atoms with Crippen molar-refractivity contribution in [1.29, 1.82) is 0 Å². The van der Waals surface area contributed by atoms with Crippen molar-refractivity contribution in [3.8, 4) is 0 Å². The molecule has 0 radical (unpaired) electrons. The molecule has 2 saturated carbocycles. The number of hydrogen-bond donors (Lipinski definition) is 0. The molecular formula is C19H19N3OS. The van der Waals surface area contributed by atoms with Crippen LogP contribution in [-0.4, -0.2) is 20.0 Å². The number of benzene rings is 1. The summed E-state index contributed by atoms with van der Waals surface area (Å²) in [7, 11) is 0. The largest absolute Gasteiger partial charge is 0.467 e. The second kappa shape index (κ2) is 5.81. The van der Waals surface area contributed by atoms with Crippen LogP contribution in [0, 0.1) is 0 Å². The second-order valence-electron chi connectivity index (χ2n) is 6.69. The van der Waals surface area contributed by atoms with Gasteiger partial charge >= 0.3 is 0 Å². The summed E-state index contributed by atoms with van der Waals surface area (Å²) in [6.07, 6.45) is 5.42. The highest BCUT2D eigenvalue weighted by Crippen LogP contribution is 2.52. The Hall–Kier alpha value is -2.01. The normalized spacial score (nSPS) is 22.7. The lowest BCUT2D eigenvalue weighted by molar-refractivity contribution is 0.478. The zero-order valence-corrected chi connectivity index (χ0v) is 14.2. The van der Waals surface area contributed by atoms with Crippen LogP contribution in [0.1, 0.15) is 48.2 Å². The Balaban J connectivity index is 1.36. The lowest BCUT2D eigenvalue weighted by atomic mass is 10.1. The van der Waals surface area contributed by atoms with E-state index < -0.39 is 0 Å². The number of thioether (sulfide) groups is 1. The third-order valence-electron chi connectivity index (χ3n) is 4.80. The lowest BCUT2D eigenvalue weighted by Gasteiger charge is -2.08. The van der Waals surface area contributed by atoms with Gasteiger partial charge in [0.1, 0.15) is 11.6 Å². The standard InChI is InChI=1S/C19H19N3OS/c1-2-5-13(6-3-1)16-11-17(16)24-19-21-20-18(14-8-9-14)22(19)12-15-7-4-10-23-15/h1-7,10,14,16-17H,8-9,11-12H2/t16-,17+/m1/s1. The molecule has 5 heteroatoms. The average Bonchev–Trinajstić information content (AvgIpc) is 3.51. The van der Waals surface area contributed by atoms with Crippen molar-refractivity contribution in [3.05, 3.63) is 65.9 Å². The van der Waals surface area contributed by atoms with E-state index in [4.69, 9.17) is 4.42 Å². The third kappa shape index (κ3) is 2.77. The predicted octanol–water partition coefficient (Wildman–Crippen LogP) is 4.45. The molecule has 3 aromatic rings. The van der Waals surface area contributed by atoms with Gasteiger partial charge in [0.25, 0.3) is 0 Å². The van der Waals surface area contributed by atoms with Gasteiger partial charge < -0.3 is 4.42 Å². The molecule has 24 heavy (non-hydrogen) atoms. The number of aromatic nitrogens is 3. The Morgan fingerprint density at radius 2 is 1.96 bits per heavy atom. The fraction of sp³-hybridized carbons (Fsp3) is 0.368. The van der Waals surface area contributed by atoms with Crippen LogP contribution in [0.3, 0.4) is 0 Å². The summed E-state index contributed by atoms with van der Waals surface area (Å²) in [5, 5.41) is 10.6. The van der Waals surface area contributed by atoms with E-state index in [0.717, 1.165) is 23.3 Å². The molecule has 2 aliphatic carbocycles. The quantitative estimate of drug-likeness (QED) is 0.667. The molecule has 4 nitrogen and oxygen atoms in total. The van der Waals surface area contributed by atoms with Crippen molar-refractivity contribution < 1.29 is 4.42 Å². The van der Waals surface area contributed by atoms with E-state index in [9.17, 15) is 0 Å². The SMILES string of the molecule is c1ccc([C@H]2C[C@@H]2Sc2nnc(C3CC3)n2Cc2ccco2)cc1. The van der Waals surface area contributed by atoms with Gasteiger partial charge in [0.05, 0.1) is 12.8 Å².